The summed E-state index contributed by atoms with van der Waals surface area (Å²) in [7, 11) is 0. The molecule has 4 rings (SSSR count). The molecule has 1 aliphatic carbocycles. The summed E-state index contributed by atoms with van der Waals surface area (Å²) in [5.41, 5.74) is -0.418. The van der Waals surface area contributed by atoms with Gasteiger partial charge in [0.15, 0.2) is 0 Å². The van der Waals surface area contributed by atoms with E-state index in [1.165, 1.54) is 0 Å². The van der Waals surface area contributed by atoms with Crippen LogP contribution in [0.1, 0.15) is 71.3 Å². The fraction of sp³-hybridized carbons (Fsp3) is 0.571. The van der Waals surface area contributed by atoms with Crippen LogP contribution in [0.15, 0.2) is 30.6 Å². The van der Waals surface area contributed by atoms with E-state index in [9.17, 15) is 9.59 Å². The minimum absolute atomic E-state index is 0.0144. The largest absolute Gasteiger partial charge is 0.489 e. The van der Waals surface area contributed by atoms with Crippen molar-refractivity contribution in [2.24, 2.45) is 10.8 Å². The highest BCUT2D eigenvalue weighted by atomic mass is 35.5. The molecule has 9 nitrogen and oxygen atoms in total. The molecule has 2 aliphatic rings. The monoisotopic (exact) mass is 541 g/mol. The number of carbonyl (C=O) groups is 2. The zero-order valence-electron chi connectivity index (χ0n) is 23.0. The lowest BCUT2D eigenvalue weighted by molar-refractivity contribution is -0.164. The van der Waals surface area contributed by atoms with E-state index in [-0.39, 0.29) is 41.0 Å². The Hall–Kier alpha value is -3.25. The maximum atomic E-state index is 13.2. The van der Waals surface area contributed by atoms with Gasteiger partial charge in [-0.2, -0.15) is 5.10 Å². The molecular formula is C28H36ClN5O4. The predicted octanol–water partition coefficient (Wildman–Crippen LogP) is 5.88. The van der Waals surface area contributed by atoms with Gasteiger partial charge in [0, 0.05) is 36.2 Å². The topological polar surface area (TPSA) is 90.0 Å². The molecule has 2 heterocycles. The van der Waals surface area contributed by atoms with Gasteiger partial charge in [0.25, 0.3) is 5.91 Å². The van der Waals surface area contributed by atoms with E-state index in [1.54, 1.807) is 40.2 Å². The Morgan fingerprint density at radius 2 is 1.89 bits per heavy atom. The van der Waals surface area contributed by atoms with Crippen molar-refractivity contribution in [2.45, 2.75) is 78.7 Å². The molecule has 1 aromatic carbocycles. The number of nitrogens with zero attached hydrogens (tertiary/aromatic N) is 4. The van der Waals surface area contributed by atoms with Gasteiger partial charge in [-0.25, -0.2) is 9.64 Å². The average Bonchev–Trinajstić information content (AvgIpc) is 3.49. The number of halogens is 1. The van der Waals surface area contributed by atoms with Crippen molar-refractivity contribution in [3.05, 3.63) is 52.6 Å². The second-order valence-corrected chi connectivity index (χ2v) is 12.8. The Balaban J connectivity index is 1.39. The Morgan fingerprint density at radius 1 is 1.21 bits per heavy atom. The van der Waals surface area contributed by atoms with Crippen molar-refractivity contribution in [2.75, 3.05) is 13.1 Å². The van der Waals surface area contributed by atoms with E-state index in [0.29, 0.717) is 35.1 Å². The molecule has 1 aromatic heterocycles. The maximum Gasteiger partial charge on any atom is 0.410 e. The Kier molecular flexibility index (Phi) is 7.17. The van der Waals surface area contributed by atoms with Crippen LogP contribution in [0.2, 0.25) is 5.02 Å². The van der Waals surface area contributed by atoms with Crippen LogP contribution in [0.5, 0.6) is 5.75 Å². The number of carbonyl (C=O) groups excluding carboxylic acids is 2. The zero-order chi connectivity index (χ0) is 28.0. The number of amides is 2. The van der Waals surface area contributed by atoms with E-state index in [2.05, 4.69) is 43.0 Å². The molecule has 10 heteroatoms. The minimum atomic E-state index is -0.546. The van der Waals surface area contributed by atoms with E-state index in [1.807, 2.05) is 20.8 Å². The highest BCUT2D eigenvalue weighted by Crippen LogP contribution is 2.55. The predicted molar refractivity (Wildman–Crippen MR) is 145 cm³/mol. The third-order valence-electron chi connectivity index (χ3n) is 7.46. The van der Waals surface area contributed by atoms with Gasteiger partial charge >= 0.3 is 6.09 Å². The molecule has 0 bridgehead atoms. The highest BCUT2D eigenvalue weighted by molar-refractivity contribution is 6.33. The van der Waals surface area contributed by atoms with E-state index in [0.717, 1.165) is 6.42 Å². The lowest BCUT2D eigenvalue weighted by Gasteiger charge is -2.63. The molecule has 2 aromatic rings. The number of likely N-dealkylation sites (tertiary alicyclic amines) is 1. The maximum absolute atomic E-state index is 13.2. The van der Waals surface area contributed by atoms with Gasteiger partial charge in [-0.15, -0.1) is 0 Å². The first-order valence-electron chi connectivity index (χ1n) is 12.8. The number of ether oxygens (including phenoxy) is 2. The molecule has 38 heavy (non-hydrogen) atoms. The van der Waals surface area contributed by atoms with Crippen molar-refractivity contribution in [3.8, 4) is 5.75 Å². The molecule has 1 saturated carbocycles. The molecule has 1 N–H and O–H groups in total. The van der Waals surface area contributed by atoms with Crippen molar-refractivity contribution < 1.29 is 19.1 Å². The second-order valence-electron chi connectivity index (χ2n) is 12.3. The first-order chi connectivity index (χ1) is 17.6. The van der Waals surface area contributed by atoms with Crippen LogP contribution < -0.4 is 10.1 Å². The third-order valence-corrected chi connectivity index (χ3v) is 7.76. The lowest BCUT2D eigenvalue weighted by Crippen LogP contribution is -2.74. The van der Waals surface area contributed by atoms with Crippen molar-refractivity contribution in [1.82, 2.24) is 20.0 Å². The van der Waals surface area contributed by atoms with Gasteiger partial charge in [0.05, 0.1) is 29.4 Å². The summed E-state index contributed by atoms with van der Waals surface area (Å²) < 4.78 is 13.6. The van der Waals surface area contributed by atoms with Crippen LogP contribution in [-0.4, -0.2) is 57.5 Å². The first-order valence-corrected chi connectivity index (χ1v) is 13.2. The van der Waals surface area contributed by atoms with Crippen LogP contribution in [0.25, 0.3) is 4.85 Å². The van der Waals surface area contributed by atoms with Gasteiger partial charge in [0.2, 0.25) is 5.69 Å². The van der Waals surface area contributed by atoms with Gasteiger partial charge in [-0.3, -0.25) is 9.48 Å². The molecule has 2 amide bonds. The summed E-state index contributed by atoms with van der Waals surface area (Å²) in [6.45, 7) is 22.0. The third kappa shape index (κ3) is 5.32. The summed E-state index contributed by atoms with van der Waals surface area (Å²) >= 11 is 6.20. The number of hydrogen-bond acceptors (Lipinski definition) is 5. The van der Waals surface area contributed by atoms with E-state index in [4.69, 9.17) is 27.6 Å². The molecular weight excluding hydrogens is 506 g/mol. The molecule has 1 aliphatic heterocycles. The molecule has 204 valence electrons. The number of aromatic nitrogens is 2. The fourth-order valence-corrected chi connectivity index (χ4v) is 6.12. The van der Waals surface area contributed by atoms with E-state index < -0.39 is 5.60 Å². The van der Waals surface area contributed by atoms with Crippen LogP contribution in [0, 0.1) is 17.4 Å². The van der Waals surface area contributed by atoms with Crippen LogP contribution >= 0.6 is 11.6 Å². The van der Waals surface area contributed by atoms with Crippen molar-refractivity contribution in [1.29, 1.82) is 0 Å². The first kappa shape index (κ1) is 27.8. The standard InChI is InChI=1S/C28H36ClN5O4/c1-26(2,3)38-25(36)33-12-11-18(16-33)34-15-17(14-31-34)22(35)32-23-27(4,5)24(28(23,6)7)37-19-9-10-21(30-8)20(29)13-19/h9-10,13-15,18,23-24H,11-12,16H2,1-7H3,(H,32,35). The Morgan fingerprint density at radius 3 is 2.50 bits per heavy atom. The molecule has 0 spiro atoms. The quantitative estimate of drug-likeness (QED) is 0.477. The highest BCUT2D eigenvalue weighted by Gasteiger charge is 2.64. The normalized spacial score (nSPS) is 23.8. The van der Waals surface area contributed by atoms with E-state index >= 15 is 0 Å². The number of nitrogens with one attached hydrogen (secondary N) is 1. The molecule has 1 atom stereocenters. The summed E-state index contributed by atoms with van der Waals surface area (Å²) in [6.07, 6.45) is 3.53. The lowest BCUT2D eigenvalue weighted by atomic mass is 9.49. The van der Waals surface area contributed by atoms with Crippen molar-refractivity contribution in [3.63, 3.8) is 0 Å². The summed E-state index contributed by atoms with van der Waals surface area (Å²) in [4.78, 5) is 30.7. The second kappa shape index (κ2) is 9.81. The summed E-state index contributed by atoms with van der Waals surface area (Å²) in [6, 6.07) is 4.90. The van der Waals surface area contributed by atoms with Crippen LogP contribution in [-0.2, 0) is 4.74 Å². The minimum Gasteiger partial charge on any atom is -0.489 e. The molecule has 1 unspecified atom stereocenters. The number of rotatable bonds is 5. The van der Waals surface area contributed by atoms with Crippen molar-refractivity contribution >= 4 is 29.3 Å². The SMILES string of the molecule is [C-]#[N+]c1ccc(OC2C(C)(C)C(NC(=O)c3cnn(C4CCN(C(=O)OC(C)(C)C)C4)c3)C2(C)C)cc1Cl. The van der Waals surface area contributed by atoms with Gasteiger partial charge in [-0.05, 0) is 39.3 Å². The zero-order valence-corrected chi connectivity index (χ0v) is 23.8. The van der Waals surface area contributed by atoms with Gasteiger partial charge in [-0.1, -0.05) is 45.4 Å². The number of hydrogen-bond donors (Lipinski definition) is 1. The smallest absolute Gasteiger partial charge is 0.410 e. The Labute approximate surface area is 229 Å². The molecule has 1 saturated heterocycles. The fourth-order valence-electron chi connectivity index (χ4n) is 5.91. The Bertz CT molecular complexity index is 1260. The molecule has 2 fully saturated rings. The average molecular weight is 542 g/mol. The summed E-state index contributed by atoms with van der Waals surface area (Å²) in [5.74, 6) is 0.392. The van der Waals surface area contributed by atoms with Gasteiger partial charge in [0.1, 0.15) is 17.5 Å². The summed E-state index contributed by atoms with van der Waals surface area (Å²) in [5, 5.41) is 7.97. The number of benzene rings is 1. The van der Waals surface area contributed by atoms with Crippen LogP contribution in [0.4, 0.5) is 10.5 Å². The van der Waals surface area contributed by atoms with Crippen LogP contribution in [0.3, 0.4) is 0 Å². The molecule has 0 radical (unpaired) electrons. The van der Waals surface area contributed by atoms with Gasteiger partial charge < -0.3 is 19.7 Å².